The lowest BCUT2D eigenvalue weighted by molar-refractivity contribution is -0.339. The molecule has 1 aliphatic rings. The second-order valence-electron chi connectivity index (χ2n) is 5.54. The van der Waals surface area contributed by atoms with E-state index < -0.39 is 30.6 Å². The molecule has 1 aromatic rings. The van der Waals surface area contributed by atoms with Gasteiger partial charge in [0.25, 0.3) is 0 Å². The molecule has 0 bridgehead atoms. The highest BCUT2D eigenvalue weighted by Crippen LogP contribution is 2.36. The van der Waals surface area contributed by atoms with Crippen LogP contribution < -0.4 is 0 Å². The van der Waals surface area contributed by atoms with E-state index in [0.717, 1.165) is 12.0 Å². The van der Waals surface area contributed by atoms with Gasteiger partial charge >= 0.3 is 24.5 Å². The first-order valence-corrected chi connectivity index (χ1v) is 7.71. The summed E-state index contributed by atoms with van der Waals surface area (Å²) in [4.78, 5) is 10.9. The molecule has 0 aliphatic carbocycles. The molecule has 0 atom stereocenters. The predicted molar refractivity (Wildman–Crippen MR) is 77.2 cm³/mol. The molecule has 0 saturated carbocycles. The molecule has 1 heterocycles. The van der Waals surface area contributed by atoms with Gasteiger partial charge in [-0.05, 0) is 17.5 Å². The highest BCUT2D eigenvalue weighted by molar-refractivity contribution is 5.78. The second kappa shape index (κ2) is 8.28. The SMILES string of the molecule is CCc1ccc(COC2COC(OC(=O)C(F)(F)C(F)(F)F)OC2)cc1. The van der Waals surface area contributed by atoms with E-state index in [9.17, 15) is 26.7 Å². The van der Waals surface area contributed by atoms with Crippen molar-refractivity contribution in [1.82, 2.24) is 0 Å². The van der Waals surface area contributed by atoms with Gasteiger partial charge in [-0.1, -0.05) is 31.2 Å². The first-order chi connectivity index (χ1) is 12.1. The normalized spacial score (nSPS) is 21.5. The van der Waals surface area contributed by atoms with E-state index in [2.05, 4.69) is 4.74 Å². The third kappa shape index (κ3) is 5.12. The number of alkyl halides is 5. The van der Waals surface area contributed by atoms with Gasteiger partial charge in [0.05, 0.1) is 19.8 Å². The molecule has 1 fully saturated rings. The number of esters is 1. The highest BCUT2D eigenvalue weighted by Gasteiger charge is 2.65. The average molecular weight is 384 g/mol. The van der Waals surface area contributed by atoms with Crippen molar-refractivity contribution in [3.05, 3.63) is 35.4 Å². The van der Waals surface area contributed by atoms with Gasteiger partial charge < -0.3 is 18.9 Å². The molecule has 26 heavy (non-hydrogen) atoms. The Bertz CT molecular complexity index is 594. The maximum Gasteiger partial charge on any atom is 0.465 e. The molecule has 0 spiro atoms. The topological polar surface area (TPSA) is 54.0 Å². The predicted octanol–water partition coefficient (Wildman–Crippen LogP) is 3.21. The fourth-order valence-electron chi connectivity index (χ4n) is 1.99. The highest BCUT2D eigenvalue weighted by atomic mass is 19.4. The largest absolute Gasteiger partial charge is 0.465 e. The minimum absolute atomic E-state index is 0.192. The van der Waals surface area contributed by atoms with E-state index in [1.165, 1.54) is 5.56 Å². The third-order valence-corrected chi connectivity index (χ3v) is 3.57. The summed E-state index contributed by atoms with van der Waals surface area (Å²) in [5.41, 5.74) is 2.05. The molecule has 2 rings (SSSR count). The lowest BCUT2D eigenvalue weighted by atomic mass is 10.1. The van der Waals surface area contributed by atoms with Crippen LogP contribution in [0.15, 0.2) is 24.3 Å². The Labute approximate surface area is 146 Å². The lowest BCUT2D eigenvalue weighted by Gasteiger charge is -2.29. The molecule has 146 valence electrons. The van der Waals surface area contributed by atoms with Gasteiger partial charge in [0.15, 0.2) is 0 Å². The number of carbonyl (C=O) groups is 1. The van der Waals surface area contributed by atoms with Gasteiger partial charge in [-0.2, -0.15) is 22.0 Å². The number of benzene rings is 1. The Balaban J connectivity index is 1.75. The standard InChI is InChI=1S/C16H17F5O5/c1-2-10-3-5-11(6-4-10)7-23-12-8-24-14(25-9-12)26-13(22)15(17,18)16(19,20)21/h3-6,12,14H,2,7-9H2,1H3. The van der Waals surface area contributed by atoms with Gasteiger partial charge in [-0.25, -0.2) is 4.79 Å². The van der Waals surface area contributed by atoms with Crippen molar-refractivity contribution >= 4 is 5.97 Å². The van der Waals surface area contributed by atoms with E-state index in [4.69, 9.17) is 14.2 Å². The molecule has 1 saturated heterocycles. The summed E-state index contributed by atoms with van der Waals surface area (Å²) in [5.74, 6) is -8.43. The van der Waals surface area contributed by atoms with Gasteiger partial charge in [0.1, 0.15) is 6.10 Å². The minimum atomic E-state index is -6.06. The maximum atomic E-state index is 12.8. The minimum Gasteiger partial charge on any atom is -0.406 e. The summed E-state index contributed by atoms with van der Waals surface area (Å²) >= 11 is 0. The zero-order valence-electron chi connectivity index (χ0n) is 13.7. The number of hydrogen-bond donors (Lipinski definition) is 0. The Morgan fingerprint density at radius 1 is 1.08 bits per heavy atom. The number of aryl methyl sites for hydroxylation is 1. The number of carbonyl (C=O) groups excluding carboxylic acids is 1. The van der Waals surface area contributed by atoms with Crippen LogP contribution in [0.5, 0.6) is 0 Å². The molecule has 5 nitrogen and oxygen atoms in total. The lowest BCUT2D eigenvalue weighted by Crippen LogP contribution is -2.48. The fraction of sp³-hybridized carbons (Fsp3) is 0.562. The second-order valence-corrected chi connectivity index (χ2v) is 5.54. The zero-order chi connectivity index (χ0) is 19.4. The van der Waals surface area contributed by atoms with Gasteiger partial charge in [-0.3, -0.25) is 0 Å². The van der Waals surface area contributed by atoms with Crippen LogP contribution in [0.1, 0.15) is 18.1 Å². The van der Waals surface area contributed by atoms with Crippen molar-refractivity contribution in [1.29, 1.82) is 0 Å². The quantitative estimate of drug-likeness (QED) is 0.557. The van der Waals surface area contributed by atoms with E-state index >= 15 is 0 Å². The smallest absolute Gasteiger partial charge is 0.406 e. The molecule has 0 N–H and O–H groups in total. The molecule has 1 aromatic carbocycles. The Morgan fingerprint density at radius 3 is 2.12 bits per heavy atom. The van der Waals surface area contributed by atoms with E-state index in [1.54, 1.807) is 0 Å². The Morgan fingerprint density at radius 2 is 1.62 bits per heavy atom. The Kier molecular flexibility index (Phi) is 6.53. The summed E-state index contributed by atoms with van der Waals surface area (Å²) in [6.07, 6.45) is -5.74. The first kappa shape index (κ1) is 20.5. The van der Waals surface area contributed by atoms with Crippen molar-refractivity contribution in [2.24, 2.45) is 0 Å². The molecule has 0 aromatic heterocycles. The molecular weight excluding hydrogens is 367 g/mol. The van der Waals surface area contributed by atoms with Crippen LogP contribution in [0.3, 0.4) is 0 Å². The maximum absolute atomic E-state index is 12.8. The van der Waals surface area contributed by atoms with E-state index in [0.29, 0.717) is 0 Å². The van der Waals surface area contributed by atoms with Crippen LogP contribution in [-0.2, 0) is 36.8 Å². The average Bonchev–Trinajstić information content (AvgIpc) is 2.60. The van der Waals surface area contributed by atoms with Gasteiger partial charge in [0, 0.05) is 0 Å². The van der Waals surface area contributed by atoms with Crippen LogP contribution in [-0.4, -0.2) is 43.9 Å². The van der Waals surface area contributed by atoms with Crippen molar-refractivity contribution in [2.75, 3.05) is 13.2 Å². The molecule has 0 radical (unpaired) electrons. The van der Waals surface area contributed by atoms with Gasteiger partial charge in [-0.15, -0.1) is 0 Å². The zero-order valence-corrected chi connectivity index (χ0v) is 13.7. The van der Waals surface area contributed by atoms with Gasteiger partial charge in [0.2, 0.25) is 0 Å². The molecule has 0 unspecified atom stereocenters. The number of hydrogen-bond acceptors (Lipinski definition) is 5. The number of ether oxygens (including phenoxy) is 4. The van der Waals surface area contributed by atoms with Crippen LogP contribution in [0.4, 0.5) is 22.0 Å². The number of halogens is 5. The summed E-state index contributed by atoms with van der Waals surface area (Å²) in [6, 6.07) is 7.66. The van der Waals surface area contributed by atoms with Crippen molar-refractivity contribution < 1.29 is 45.7 Å². The van der Waals surface area contributed by atoms with E-state index in [-0.39, 0.29) is 19.8 Å². The molecular formula is C16H17F5O5. The van der Waals surface area contributed by atoms with Crippen molar-refractivity contribution in [3.63, 3.8) is 0 Å². The van der Waals surface area contributed by atoms with E-state index in [1.807, 2.05) is 31.2 Å². The van der Waals surface area contributed by atoms with Crippen LogP contribution in [0.2, 0.25) is 0 Å². The van der Waals surface area contributed by atoms with Crippen LogP contribution in [0, 0.1) is 0 Å². The van der Waals surface area contributed by atoms with Crippen molar-refractivity contribution in [3.8, 4) is 0 Å². The summed E-state index contributed by atoms with van der Waals surface area (Å²) < 4.78 is 80.8. The Hall–Kier alpha value is -1.78. The summed E-state index contributed by atoms with van der Waals surface area (Å²) in [7, 11) is 0. The monoisotopic (exact) mass is 384 g/mol. The van der Waals surface area contributed by atoms with Crippen LogP contribution >= 0.6 is 0 Å². The summed E-state index contributed by atoms with van der Waals surface area (Å²) in [5, 5.41) is 0. The molecule has 0 amide bonds. The van der Waals surface area contributed by atoms with Crippen LogP contribution in [0.25, 0.3) is 0 Å². The van der Waals surface area contributed by atoms with Crippen molar-refractivity contribution in [2.45, 2.75) is 44.6 Å². The summed E-state index contributed by atoms with van der Waals surface area (Å²) in [6.45, 7) is -0.0708. The first-order valence-electron chi connectivity index (χ1n) is 7.71. The third-order valence-electron chi connectivity index (χ3n) is 3.57. The fourth-order valence-corrected chi connectivity index (χ4v) is 1.99. The molecule has 1 aliphatic heterocycles. The molecule has 10 heteroatoms. The number of rotatable bonds is 6.